The van der Waals surface area contributed by atoms with Gasteiger partial charge in [0, 0.05) is 11.1 Å². The Morgan fingerprint density at radius 2 is 1.65 bits per heavy atom. The summed E-state index contributed by atoms with van der Waals surface area (Å²) in [6.45, 7) is 5.76. The van der Waals surface area contributed by atoms with Gasteiger partial charge in [0.2, 0.25) is 0 Å². The van der Waals surface area contributed by atoms with E-state index in [-0.39, 0.29) is 5.82 Å². The van der Waals surface area contributed by atoms with Gasteiger partial charge < -0.3 is 0 Å². The molecule has 0 fully saturated rings. The van der Waals surface area contributed by atoms with Crippen LogP contribution in [0, 0.1) is 26.6 Å². The predicted molar refractivity (Wildman–Crippen MR) is 79.1 cm³/mol. The zero-order chi connectivity index (χ0) is 14.3. The van der Waals surface area contributed by atoms with Crippen molar-refractivity contribution in [1.82, 2.24) is 9.97 Å². The monoisotopic (exact) mass is 266 g/mol. The minimum atomic E-state index is -0.198. The Bertz CT molecular complexity index is 789. The van der Waals surface area contributed by atoms with Crippen LogP contribution in [0.25, 0.3) is 22.3 Å². The number of hydrogen-bond donors (Lipinski definition) is 0. The number of rotatable bonds is 1. The number of fused-ring (bicyclic) bond motifs is 1. The van der Waals surface area contributed by atoms with E-state index in [1.54, 1.807) is 13.0 Å². The van der Waals surface area contributed by atoms with Crippen LogP contribution in [0.1, 0.15) is 16.8 Å². The summed E-state index contributed by atoms with van der Waals surface area (Å²) < 4.78 is 13.5. The highest BCUT2D eigenvalue weighted by atomic mass is 19.1. The first kappa shape index (κ1) is 12.7. The fourth-order valence-corrected chi connectivity index (χ4v) is 2.36. The molecule has 0 aliphatic heterocycles. The fraction of sp³-hybridized carbons (Fsp3) is 0.176. The molecular weight excluding hydrogens is 251 g/mol. The van der Waals surface area contributed by atoms with Gasteiger partial charge in [0.15, 0.2) is 0 Å². The first-order chi connectivity index (χ1) is 9.52. The third kappa shape index (κ3) is 2.27. The molecule has 3 aromatic rings. The van der Waals surface area contributed by atoms with Gasteiger partial charge >= 0.3 is 0 Å². The standard InChI is InChI=1S/C17H15FN2/c1-10-6-12(3)19-17(7-10)15-5-4-13-9-14(18)11(2)8-16(13)20-15/h4-9H,1-3H3. The van der Waals surface area contributed by atoms with Gasteiger partial charge in [-0.3, -0.25) is 4.98 Å². The summed E-state index contributed by atoms with van der Waals surface area (Å²) in [5.41, 5.74) is 5.20. The summed E-state index contributed by atoms with van der Waals surface area (Å²) in [6, 6.07) is 11.1. The second-order valence-corrected chi connectivity index (χ2v) is 5.16. The first-order valence-electron chi connectivity index (χ1n) is 6.55. The number of hydrogen-bond acceptors (Lipinski definition) is 2. The van der Waals surface area contributed by atoms with Gasteiger partial charge in [-0.1, -0.05) is 6.07 Å². The topological polar surface area (TPSA) is 25.8 Å². The third-order valence-corrected chi connectivity index (χ3v) is 3.33. The van der Waals surface area contributed by atoms with Crippen molar-refractivity contribution >= 4 is 10.9 Å². The molecule has 20 heavy (non-hydrogen) atoms. The minimum absolute atomic E-state index is 0.198. The van der Waals surface area contributed by atoms with E-state index >= 15 is 0 Å². The van der Waals surface area contributed by atoms with Gasteiger partial charge in [-0.15, -0.1) is 0 Å². The first-order valence-corrected chi connectivity index (χ1v) is 6.55. The normalized spacial score (nSPS) is 11.0. The molecule has 100 valence electrons. The Labute approximate surface area is 117 Å². The Morgan fingerprint density at radius 1 is 0.850 bits per heavy atom. The summed E-state index contributed by atoms with van der Waals surface area (Å²) in [7, 11) is 0. The van der Waals surface area contributed by atoms with Crippen molar-refractivity contribution < 1.29 is 4.39 Å². The molecule has 2 heterocycles. The zero-order valence-corrected chi connectivity index (χ0v) is 11.7. The summed E-state index contributed by atoms with van der Waals surface area (Å²) in [5, 5.41) is 0.807. The van der Waals surface area contributed by atoms with Crippen LogP contribution in [0.15, 0.2) is 36.4 Å². The molecular formula is C17H15FN2. The largest absolute Gasteiger partial charge is 0.251 e. The second kappa shape index (κ2) is 4.67. The number of halogens is 1. The quantitative estimate of drug-likeness (QED) is 0.654. The summed E-state index contributed by atoms with van der Waals surface area (Å²) >= 11 is 0. The van der Waals surface area contributed by atoms with Crippen molar-refractivity contribution in [3.63, 3.8) is 0 Å². The van der Waals surface area contributed by atoms with Gasteiger partial charge in [0.05, 0.1) is 16.9 Å². The Morgan fingerprint density at radius 3 is 2.40 bits per heavy atom. The minimum Gasteiger partial charge on any atom is -0.251 e. The van der Waals surface area contributed by atoms with E-state index in [9.17, 15) is 4.39 Å². The lowest BCUT2D eigenvalue weighted by molar-refractivity contribution is 0.620. The Hall–Kier alpha value is -2.29. The third-order valence-electron chi connectivity index (χ3n) is 3.33. The lowest BCUT2D eigenvalue weighted by Crippen LogP contribution is -1.93. The molecule has 3 rings (SSSR count). The van der Waals surface area contributed by atoms with Crippen molar-refractivity contribution in [2.45, 2.75) is 20.8 Å². The Balaban J connectivity index is 2.19. The maximum Gasteiger partial charge on any atom is 0.126 e. The predicted octanol–water partition coefficient (Wildman–Crippen LogP) is 4.36. The highest BCUT2D eigenvalue weighted by Gasteiger charge is 2.06. The lowest BCUT2D eigenvalue weighted by Gasteiger charge is -2.06. The molecule has 0 aliphatic carbocycles. The van der Waals surface area contributed by atoms with E-state index in [1.165, 1.54) is 6.07 Å². The zero-order valence-electron chi connectivity index (χ0n) is 11.7. The van der Waals surface area contributed by atoms with Crippen LogP contribution in [0.3, 0.4) is 0 Å². The number of aryl methyl sites for hydroxylation is 3. The molecule has 3 heteroatoms. The van der Waals surface area contributed by atoms with Crippen molar-refractivity contribution in [2.24, 2.45) is 0 Å². The molecule has 0 aliphatic rings. The molecule has 0 spiro atoms. The molecule has 2 nitrogen and oxygen atoms in total. The number of pyridine rings is 2. The average Bonchev–Trinajstić information content (AvgIpc) is 2.38. The van der Waals surface area contributed by atoms with Crippen molar-refractivity contribution in [3.8, 4) is 11.4 Å². The van der Waals surface area contributed by atoms with Gasteiger partial charge in [-0.05, 0) is 62.2 Å². The van der Waals surface area contributed by atoms with Crippen LogP contribution in [-0.4, -0.2) is 9.97 Å². The van der Waals surface area contributed by atoms with E-state index in [2.05, 4.69) is 9.97 Å². The van der Waals surface area contributed by atoms with Gasteiger partial charge in [0.1, 0.15) is 5.82 Å². The number of benzene rings is 1. The van der Waals surface area contributed by atoms with Gasteiger partial charge in [-0.2, -0.15) is 0 Å². The second-order valence-electron chi connectivity index (χ2n) is 5.16. The smallest absolute Gasteiger partial charge is 0.126 e. The summed E-state index contributed by atoms with van der Waals surface area (Å²) in [4.78, 5) is 9.11. The van der Waals surface area contributed by atoms with Crippen LogP contribution in [-0.2, 0) is 0 Å². The van der Waals surface area contributed by atoms with E-state index in [0.29, 0.717) is 5.56 Å². The summed E-state index contributed by atoms with van der Waals surface area (Å²) in [5.74, 6) is -0.198. The highest BCUT2D eigenvalue weighted by molar-refractivity contribution is 5.82. The average molecular weight is 266 g/mol. The van der Waals surface area contributed by atoms with Crippen LogP contribution in [0.5, 0.6) is 0 Å². The van der Waals surface area contributed by atoms with E-state index in [0.717, 1.165) is 33.5 Å². The maximum atomic E-state index is 13.5. The van der Waals surface area contributed by atoms with Crippen LogP contribution >= 0.6 is 0 Å². The van der Waals surface area contributed by atoms with Crippen molar-refractivity contribution in [1.29, 1.82) is 0 Å². The fourth-order valence-electron chi connectivity index (χ4n) is 2.36. The van der Waals surface area contributed by atoms with Crippen molar-refractivity contribution in [2.75, 3.05) is 0 Å². The van der Waals surface area contributed by atoms with E-state index < -0.39 is 0 Å². The molecule has 0 saturated heterocycles. The van der Waals surface area contributed by atoms with Crippen LogP contribution in [0.2, 0.25) is 0 Å². The van der Waals surface area contributed by atoms with Gasteiger partial charge in [-0.25, -0.2) is 9.37 Å². The van der Waals surface area contributed by atoms with E-state index in [4.69, 9.17) is 0 Å². The molecule has 0 atom stereocenters. The summed E-state index contributed by atoms with van der Waals surface area (Å²) in [6.07, 6.45) is 0. The Kier molecular flexibility index (Phi) is 2.97. The highest BCUT2D eigenvalue weighted by Crippen LogP contribution is 2.22. The number of aromatic nitrogens is 2. The maximum absolute atomic E-state index is 13.5. The molecule has 0 bridgehead atoms. The molecule has 0 N–H and O–H groups in total. The van der Waals surface area contributed by atoms with Crippen LogP contribution < -0.4 is 0 Å². The molecule has 2 aromatic heterocycles. The van der Waals surface area contributed by atoms with Crippen LogP contribution in [0.4, 0.5) is 4.39 Å². The number of nitrogens with zero attached hydrogens (tertiary/aromatic N) is 2. The molecule has 0 amide bonds. The lowest BCUT2D eigenvalue weighted by atomic mass is 10.1. The molecule has 0 unspecified atom stereocenters. The molecule has 0 saturated carbocycles. The molecule has 1 aromatic carbocycles. The van der Waals surface area contributed by atoms with Gasteiger partial charge in [0.25, 0.3) is 0 Å². The SMILES string of the molecule is Cc1cc(C)nc(-c2ccc3cc(F)c(C)cc3n2)c1. The van der Waals surface area contributed by atoms with Crippen molar-refractivity contribution in [3.05, 3.63) is 59.0 Å². The molecule has 0 radical (unpaired) electrons. The van der Waals surface area contributed by atoms with E-state index in [1.807, 2.05) is 38.1 Å².